The maximum Gasteiger partial charge on any atom is 0.317 e. The molecule has 0 bridgehead atoms. The number of carboxylic acid groups (broad SMARTS) is 2. The van der Waals surface area contributed by atoms with Crippen LogP contribution in [0.5, 0.6) is 0 Å². The zero-order valence-corrected chi connectivity index (χ0v) is 20.2. The van der Waals surface area contributed by atoms with Crippen LogP contribution in [0, 0.1) is 11.8 Å². The number of unbranched alkanes of at least 4 members (excludes halogenated alkanes) is 1. The molecule has 1 fully saturated rings. The van der Waals surface area contributed by atoms with E-state index in [4.69, 9.17) is 14.9 Å². The van der Waals surface area contributed by atoms with E-state index < -0.39 is 11.9 Å². The second-order valence-electron chi connectivity index (χ2n) is 8.96. The van der Waals surface area contributed by atoms with Gasteiger partial charge < -0.3 is 25.2 Å². The van der Waals surface area contributed by atoms with Gasteiger partial charge in [0, 0.05) is 52.2 Å². The third-order valence-electron chi connectivity index (χ3n) is 6.09. The molecule has 1 aliphatic heterocycles. The molecule has 0 saturated carbocycles. The average molecular weight is 481 g/mol. The summed E-state index contributed by atoms with van der Waals surface area (Å²) in [6.45, 7) is 5.12. The van der Waals surface area contributed by atoms with E-state index >= 15 is 0 Å². The van der Waals surface area contributed by atoms with Gasteiger partial charge in [0.1, 0.15) is 12.7 Å². The van der Waals surface area contributed by atoms with Crippen LogP contribution in [0.3, 0.4) is 0 Å². The molecule has 1 amide bonds. The van der Waals surface area contributed by atoms with E-state index in [2.05, 4.69) is 22.1 Å². The number of nitrogens with one attached hydrogen (secondary N) is 1. The van der Waals surface area contributed by atoms with E-state index in [1.165, 1.54) is 0 Å². The predicted molar refractivity (Wildman–Crippen MR) is 127 cm³/mol. The Balaban J connectivity index is 1.67. The summed E-state index contributed by atoms with van der Waals surface area (Å²) in [6.07, 6.45) is 6.72. The molecular formula is C24H40N4O6. The Morgan fingerprint density at radius 1 is 0.853 bits per heavy atom. The highest BCUT2D eigenvalue weighted by atomic mass is 16.5. The van der Waals surface area contributed by atoms with Crippen molar-refractivity contribution < 1.29 is 29.3 Å². The molecule has 1 unspecified atom stereocenters. The highest BCUT2D eigenvalue weighted by Crippen LogP contribution is 2.10. The molecule has 0 aromatic carbocycles. The zero-order valence-electron chi connectivity index (χ0n) is 20.2. The second-order valence-corrected chi connectivity index (χ2v) is 8.96. The number of ether oxygens (including phenoxy) is 1. The smallest absolute Gasteiger partial charge is 0.317 e. The molecule has 2 aliphatic rings. The first-order valence-electron chi connectivity index (χ1n) is 12.4. The molecule has 0 radical (unpaired) electrons. The standard InChI is InChI=1S/C24H40N4O6/c29-22(20-34-21-8-4-2-1-3-5-9-21)25-10-6-7-11-26-12-14-27(18-23(30)31)16-17-28(15-13-26)19-24(32)33/h21H,1-4,6-8,10-20H2,(H,25,29)(H,30,31)(H,32,33). The number of carboxylic acids is 2. The number of hydrogen-bond donors (Lipinski definition) is 3. The van der Waals surface area contributed by atoms with Crippen LogP contribution in [0.25, 0.3) is 0 Å². The minimum atomic E-state index is -0.878. The van der Waals surface area contributed by atoms with Gasteiger partial charge in [-0.2, -0.15) is 0 Å². The van der Waals surface area contributed by atoms with E-state index in [0.29, 0.717) is 32.7 Å². The van der Waals surface area contributed by atoms with Gasteiger partial charge in [0.2, 0.25) is 5.91 Å². The normalized spacial score (nSPS) is 21.1. The molecule has 0 aromatic rings. The Labute approximate surface area is 202 Å². The first-order valence-corrected chi connectivity index (χ1v) is 12.4. The highest BCUT2D eigenvalue weighted by molar-refractivity contribution is 5.77. The first kappa shape index (κ1) is 28.1. The van der Waals surface area contributed by atoms with Gasteiger partial charge >= 0.3 is 11.9 Å². The summed E-state index contributed by atoms with van der Waals surface area (Å²) < 4.78 is 5.66. The monoisotopic (exact) mass is 480 g/mol. The fourth-order valence-corrected chi connectivity index (χ4v) is 4.12. The molecule has 0 spiro atoms. The SMILES string of the molecule is O=C(O)CN1CCN(CCCCNC(=O)COC2C#CCCCCC2)CCN(CC(=O)O)CC1. The predicted octanol–water partition coefficient (Wildman–Crippen LogP) is 0.324. The summed E-state index contributed by atoms with van der Waals surface area (Å²) in [6, 6.07) is 0. The van der Waals surface area contributed by atoms with Gasteiger partial charge in [-0.3, -0.25) is 24.2 Å². The topological polar surface area (TPSA) is 123 Å². The van der Waals surface area contributed by atoms with Crippen LogP contribution in [0.15, 0.2) is 0 Å². The van der Waals surface area contributed by atoms with Crippen LogP contribution >= 0.6 is 0 Å². The zero-order chi connectivity index (χ0) is 24.6. The quantitative estimate of drug-likeness (QED) is 0.268. The van der Waals surface area contributed by atoms with Crippen molar-refractivity contribution in [2.45, 2.75) is 51.0 Å². The first-order chi connectivity index (χ1) is 16.4. The maximum atomic E-state index is 12.1. The fourth-order valence-electron chi connectivity index (χ4n) is 4.12. The molecule has 2 rings (SSSR count). The molecule has 192 valence electrons. The van der Waals surface area contributed by atoms with Crippen molar-refractivity contribution in [3.63, 3.8) is 0 Å². The van der Waals surface area contributed by atoms with Crippen LogP contribution < -0.4 is 5.32 Å². The summed E-state index contributed by atoms with van der Waals surface area (Å²) >= 11 is 0. The molecule has 1 aliphatic carbocycles. The van der Waals surface area contributed by atoms with Crippen LogP contribution in [0.4, 0.5) is 0 Å². The van der Waals surface area contributed by atoms with Gasteiger partial charge in [0.15, 0.2) is 0 Å². The number of nitrogens with zero attached hydrogens (tertiary/aromatic N) is 3. The fraction of sp³-hybridized carbons (Fsp3) is 0.792. The molecule has 34 heavy (non-hydrogen) atoms. The van der Waals surface area contributed by atoms with Crippen molar-refractivity contribution in [1.29, 1.82) is 0 Å². The van der Waals surface area contributed by atoms with Gasteiger partial charge in [-0.25, -0.2) is 0 Å². The third-order valence-corrected chi connectivity index (χ3v) is 6.09. The van der Waals surface area contributed by atoms with Crippen molar-refractivity contribution >= 4 is 17.8 Å². The van der Waals surface area contributed by atoms with Gasteiger partial charge in [0.25, 0.3) is 0 Å². The van der Waals surface area contributed by atoms with Crippen molar-refractivity contribution in [3.05, 3.63) is 0 Å². The Morgan fingerprint density at radius 2 is 1.47 bits per heavy atom. The molecule has 3 N–H and O–H groups in total. The van der Waals surface area contributed by atoms with E-state index in [1.807, 2.05) is 9.80 Å². The van der Waals surface area contributed by atoms with Gasteiger partial charge in [-0.1, -0.05) is 12.3 Å². The number of carbonyl (C=O) groups excluding carboxylic acids is 1. The number of hydrogen-bond acceptors (Lipinski definition) is 7. The molecular weight excluding hydrogens is 440 g/mol. The van der Waals surface area contributed by atoms with E-state index in [9.17, 15) is 14.4 Å². The Hall–Kier alpha value is -2.19. The summed E-state index contributed by atoms with van der Waals surface area (Å²) in [5.41, 5.74) is 0. The lowest BCUT2D eigenvalue weighted by molar-refractivity contribution is -0.140. The minimum absolute atomic E-state index is 0.0320. The molecule has 1 atom stereocenters. The lowest BCUT2D eigenvalue weighted by atomic mass is 10.1. The largest absolute Gasteiger partial charge is 0.480 e. The summed E-state index contributed by atoms with van der Waals surface area (Å²) in [5, 5.41) is 21.2. The van der Waals surface area contributed by atoms with Gasteiger partial charge in [0.05, 0.1) is 13.1 Å². The summed E-state index contributed by atoms with van der Waals surface area (Å²) in [7, 11) is 0. The van der Waals surface area contributed by atoms with Crippen molar-refractivity contribution in [1.82, 2.24) is 20.0 Å². The van der Waals surface area contributed by atoms with Crippen LogP contribution in [0.2, 0.25) is 0 Å². The number of carbonyl (C=O) groups is 3. The number of amides is 1. The molecule has 10 heteroatoms. The number of aliphatic carboxylic acids is 2. The average Bonchev–Trinajstić information content (AvgIpc) is 2.84. The van der Waals surface area contributed by atoms with Gasteiger partial charge in [-0.15, -0.1) is 5.92 Å². The van der Waals surface area contributed by atoms with Crippen molar-refractivity contribution in [3.8, 4) is 11.8 Å². The van der Waals surface area contributed by atoms with Crippen LogP contribution in [0.1, 0.15) is 44.9 Å². The van der Waals surface area contributed by atoms with Crippen LogP contribution in [-0.2, 0) is 19.1 Å². The summed E-state index contributed by atoms with van der Waals surface area (Å²) in [4.78, 5) is 40.3. The van der Waals surface area contributed by atoms with E-state index in [0.717, 1.165) is 64.6 Å². The van der Waals surface area contributed by atoms with E-state index in [1.54, 1.807) is 0 Å². The Bertz CT molecular complexity index is 679. The van der Waals surface area contributed by atoms with Crippen molar-refractivity contribution in [2.75, 3.05) is 72.1 Å². The maximum absolute atomic E-state index is 12.1. The Morgan fingerprint density at radius 3 is 2.09 bits per heavy atom. The molecule has 0 aromatic heterocycles. The Kier molecular flexibility index (Phi) is 13.6. The molecule has 1 saturated heterocycles. The lowest BCUT2D eigenvalue weighted by Crippen LogP contribution is -2.40. The second kappa shape index (κ2) is 16.4. The highest BCUT2D eigenvalue weighted by Gasteiger charge is 2.19. The minimum Gasteiger partial charge on any atom is -0.480 e. The van der Waals surface area contributed by atoms with Gasteiger partial charge in [-0.05, 0) is 38.6 Å². The lowest BCUT2D eigenvalue weighted by Gasteiger charge is -2.25. The molecule has 1 heterocycles. The molecule has 10 nitrogen and oxygen atoms in total. The number of rotatable bonds is 12. The van der Waals surface area contributed by atoms with Crippen molar-refractivity contribution in [2.24, 2.45) is 0 Å². The van der Waals surface area contributed by atoms with E-state index in [-0.39, 0.29) is 31.7 Å². The summed E-state index contributed by atoms with van der Waals surface area (Å²) in [5.74, 6) is 4.33. The third kappa shape index (κ3) is 12.9. The van der Waals surface area contributed by atoms with Crippen LogP contribution in [-0.4, -0.2) is 121 Å².